The molecule has 1 aromatic heterocycles. The van der Waals surface area contributed by atoms with Crippen LogP contribution in [0.1, 0.15) is 18.5 Å². The van der Waals surface area contributed by atoms with Gasteiger partial charge >= 0.3 is 0 Å². The standard InChI is InChI=1S/C12H18N4OS/c1-16-11(17-2)5-9(15-16)6-13-12-14-7-10(18-12)8-3-4-8/h5,8,10H,3-4,6-7H2,1-2H3,(H,13,14). The molecule has 0 bridgehead atoms. The second-order valence-electron chi connectivity index (χ2n) is 4.79. The number of rotatable bonds is 4. The number of aromatic nitrogens is 2. The lowest BCUT2D eigenvalue weighted by Gasteiger charge is -2.06. The number of amidine groups is 1. The second-order valence-corrected chi connectivity index (χ2v) is 6.02. The molecule has 2 heterocycles. The molecular weight excluding hydrogens is 248 g/mol. The molecule has 1 N–H and O–H groups in total. The molecule has 6 heteroatoms. The second kappa shape index (κ2) is 4.84. The molecule has 1 aromatic rings. The van der Waals surface area contributed by atoms with Gasteiger partial charge in [-0.2, -0.15) is 5.10 Å². The lowest BCUT2D eigenvalue weighted by atomic mass is 10.3. The summed E-state index contributed by atoms with van der Waals surface area (Å²) in [6, 6.07) is 1.95. The van der Waals surface area contributed by atoms with E-state index in [-0.39, 0.29) is 0 Å². The number of hydrogen-bond donors (Lipinski definition) is 1. The van der Waals surface area contributed by atoms with Crippen LogP contribution >= 0.6 is 11.8 Å². The zero-order chi connectivity index (χ0) is 12.5. The maximum Gasteiger partial charge on any atom is 0.211 e. The topological polar surface area (TPSA) is 51.4 Å². The lowest BCUT2D eigenvalue weighted by Crippen LogP contribution is -2.19. The van der Waals surface area contributed by atoms with Gasteiger partial charge in [-0.1, -0.05) is 11.8 Å². The molecule has 1 aliphatic carbocycles. The van der Waals surface area contributed by atoms with Gasteiger partial charge in [0.15, 0.2) is 5.17 Å². The Hall–Kier alpha value is -1.17. The van der Waals surface area contributed by atoms with Crippen molar-refractivity contribution in [3.63, 3.8) is 0 Å². The van der Waals surface area contributed by atoms with Gasteiger partial charge in [-0.15, -0.1) is 0 Å². The van der Waals surface area contributed by atoms with Gasteiger partial charge in [0.25, 0.3) is 0 Å². The molecule has 98 valence electrons. The summed E-state index contributed by atoms with van der Waals surface area (Å²) in [4.78, 5) is 4.55. The van der Waals surface area contributed by atoms with Crippen molar-refractivity contribution in [3.8, 4) is 5.88 Å². The Labute approximate surface area is 111 Å². The van der Waals surface area contributed by atoms with E-state index in [1.807, 2.05) is 24.9 Å². The number of hydrogen-bond acceptors (Lipinski definition) is 5. The summed E-state index contributed by atoms with van der Waals surface area (Å²) in [5.74, 6) is 1.69. The van der Waals surface area contributed by atoms with Gasteiger partial charge in [0.2, 0.25) is 5.88 Å². The van der Waals surface area contributed by atoms with Gasteiger partial charge in [0, 0.05) is 18.4 Å². The van der Waals surface area contributed by atoms with Crippen LogP contribution in [0.2, 0.25) is 0 Å². The minimum atomic E-state index is 0.709. The third-order valence-electron chi connectivity index (χ3n) is 3.34. The normalized spacial score (nSPS) is 23.0. The summed E-state index contributed by atoms with van der Waals surface area (Å²) in [5.41, 5.74) is 0.979. The number of nitrogens with zero attached hydrogens (tertiary/aromatic N) is 3. The highest BCUT2D eigenvalue weighted by atomic mass is 32.2. The number of methoxy groups -OCH3 is 1. The molecular formula is C12H18N4OS. The van der Waals surface area contributed by atoms with Crippen molar-refractivity contribution in [1.82, 2.24) is 15.1 Å². The van der Waals surface area contributed by atoms with Gasteiger partial charge in [-0.05, 0) is 18.8 Å². The fourth-order valence-corrected chi connectivity index (χ4v) is 3.36. The maximum absolute atomic E-state index is 5.19. The Morgan fingerprint density at radius 1 is 1.56 bits per heavy atom. The minimum Gasteiger partial charge on any atom is -0.481 e. The summed E-state index contributed by atoms with van der Waals surface area (Å²) < 4.78 is 6.94. The van der Waals surface area contributed by atoms with E-state index in [1.165, 1.54) is 12.8 Å². The van der Waals surface area contributed by atoms with E-state index < -0.39 is 0 Å². The Bertz CT molecular complexity index is 467. The first kappa shape index (κ1) is 11.9. The van der Waals surface area contributed by atoms with Crippen LogP contribution in [0, 0.1) is 5.92 Å². The van der Waals surface area contributed by atoms with E-state index in [9.17, 15) is 0 Å². The summed E-state index contributed by atoms with van der Waals surface area (Å²) in [6.07, 6.45) is 2.77. The first-order chi connectivity index (χ1) is 8.76. The molecule has 1 atom stereocenters. The van der Waals surface area contributed by atoms with Crippen molar-refractivity contribution in [1.29, 1.82) is 0 Å². The first-order valence-corrected chi connectivity index (χ1v) is 7.16. The van der Waals surface area contributed by atoms with E-state index in [0.717, 1.165) is 29.2 Å². The zero-order valence-electron chi connectivity index (χ0n) is 10.7. The first-order valence-electron chi connectivity index (χ1n) is 6.28. The van der Waals surface area contributed by atoms with Gasteiger partial charge in [0.05, 0.1) is 25.9 Å². The summed E-state index contributed by atoms with van der Waals surface area (Å²) in [7, 11) is 3.54. The van der Waals surface area contributed by atoms with Crippen LogP contribution in [0.3, 0.4) is 0 Å². The fourth-order valence-electron chi connectivity index (χ4n) is 2.15. The number of ether oxygens (including phenoxy) is 1. The molecule has 0 spiro atoms. The fraction of sp³-hybridized carbons (Fsp3) is 0.667. The Morgan fingerprint density at radius 2 is 2.39 bits per heavy atom. The lowest BCUT2D eigenvalue weighted by molar-refractivity contribution is 0.373. The molecule has 1 saturated carbocycles. The third-order valence-corrected chi connectivity index (χ3v) is 4.68. The maximum atomic E-state index is 5.19. The highest BCUT2D eigenvalue weighted by Gasteiger charge is 2.35. The van der Waals surface area contributed by atoms with Crippen LogP contribution in [0.4, 0.5) is 0 Å². The Morgan fingerprint density at radius 3 is 3.06 bits per heavy atom. The summed E-state index contributed by atoms with van der Waals surface area (Å²) in [5, 5.41) is 9.51. The highest BCUT2D eigenvalue weighted by Crippen LogP contribution is 2.41. The predicted octanol–water partition coefficient (Wildman–Crippen LogP) is 1.40. The Kier molecular flexibility index (Phi) is 3.20. The van der Waals surface area contributed by atoms with Crippen molar-refractivity contribution in [3.05, 3.63) is 11.8 Å². The predicted molar refractivity (Wildman–Crippen MR) is 73.0 cm³/mol. The van der Waals surface area contributed by atoms with Gasteiger partial charge in [-0.25, -0.2) is 4.68 Å². The van der Waals surface area contributed by atoms with Gasteiger partial charge in [-0.3, -0.25) is 4.99 Å². The molecule has 1 aliphatic heterocycles. The largest absolute Gasteiger partial charge is 0.481 e. The average Bonchev–Trinajstić information content (AvgIpc) is 3.00. The smallest absolute Gasteiger partial charge is 0.211 e. The van der Waals surface area contributed by atoms with Gasteiger partial charge < -0.3 is 10.1 Å². The zero-order valence-corrected chi connectivity index (χ0v) is 11.5. The molecule has 0 radical (unpaired) electrons. The Balaban J connectivity index is 1.51. The summed E-state index contributed by atoms with van der Waals surface area (Å²) >= 11 is 1.89. The molecule has 3 rings (SSSR count). The monoisotopic (exact) mass is 266 g/mol. The van der Waals surface area contributed by atoms with Crippen LogP contribution < -0.4 is 10.1 Å². The van der Waals surface area contributed by atoms with Crippen molar-refractivity contribution in [2.75, 3.05) is 13.7 Å². The number of aryl methyl sites for hydroxylation is 1. The molecule has 18 heavy (non-hydrogen) atoms. The van der Waals surface area contributed by atoms with Crippen LogP contribution in [-0.4, -0.2) is 33.9 Å². The van der Waals surface area contributed by atoms with E-state index in [2.05, 4.69) is 15.4 Å². The number of nitrogens with one attached hydrogen (secondary N) is 1. The highest BCUT2D eigenvalue weighted by molar-refractivity contribution is 8.14. The molecule has 1 unspecified atom stereocenters. The minimum absolute atomic E-state index is 0.709. The van der Waals surface area contributed by atoms with E-state index in [4.69, 9.17) is 4.74 Å². The molecule has 5 nitrogen and oxygen atoms in total. The quantitative estimate of drug-likeness (QED) is 0.895. The van der Waals surface area contributed by atoms with Crippen LogP contribution in [-0.2, 0) is 13.6 Å². The van der Waals surface area contributed by atoms with Crippen LogP contribution in [0.15, 0.2) is 11.1 Å². The van der Waals surface area contributed by atoms with Crippen LogP contribution in [0.25, 0.3) is 0 Å². The molecule has 1 fully saturated rings. The van der Waals surface area contributed by atoms with Crippen molar-refractivity contribution < 1.29 is 4.74 Å². The molecule has 0 aromatic carbocycles. The van der Waals surface area contributed by atoms with Gasteiger partial charge in [0.1, 0.15) is 0 Å². The third kappa shape index (κ3) is 2.48. The SMILES string of the molecule is COc1cc(CNC2=NCC(C3CC3)S2)nn1C. The average molecular weight is 266 g/mol. The molecule has 0 saturated heterocycles. The molecule has 0 amide bonds. The van der Waals surface area contributed by atoms with Crippen molar-refractivity contribution >= 4 is 16.9 Å². The van der Waals surface area contributed by atoms with E-state index >= 15 is 0 Å². The number of thioether (sulfide) groups is 1. The molecule has 2 aliphatic rings. The van der Waals surface area contributed by atoms with E-state index in [1.54, 1.807) is 11.8 Å². The van der Waals surface area contributed by atoms with Crippen LogP contribution in [0.5, 0.6) is 5.88 Å². The van der Waals surface area contributed by atoms with Crippen molar-refractivity contribution in [2.24, 2.45) is 18.0 Å². The van der Waals surface area contributed by atoms with Crippen molar-refractivity contribution in [2.45, 2.75) is 24.6 Å². The summed E-state index contributed by atoms with van der Waals surface area (Å²) in [6.45, 7) is 1.68. The number of aliphatic imine (C=N–C) groups is 1. The van der Waals surface area contributed by atoms with E-state index in [0.29, 0.717) is 11.8 Å².